The molecule has 25 heavy (non-hydrogen) atoms. The van der Waals surface area contributed by atoms with E-state index in [-0.39, 0.29) is 0 Å². The number of rotatable bonds is 7. The quantitative estimate of drug-likeness (QED) is 0.278. The zero-order valence-electron chi connectivity index (χ0n) is 13.9. The summed E-state index contributed by atoms with van der Waals surface area (Å²) in [4.78, 5) is 27.8. The van der Waals surface area contributed by atoms with Crippen LogP contribution in [-0.4, -0.2) is 79.6 Å². The summed E-state index contributed by atoms with van der Waals surface area (Å²) in [6.07, 6.45) is 1.59. The number of carbonyl (C=O) groups is 3. The number of aliphatic carboxylic acids is 3. The molecule has 10 heteroatoms. The van der Waals surface area contributed by atoms with Crippen LogP contribution >= 0.6 is 0 Å². The maximum absolute atomic E-state index is 9.25. The number of hydrogen-bond donors (Lipinski definition) is 7. The Hall–Kier alpha value is -2.53. The minimum atomic E-state index is -1.15. The molecule has 0 aliphatic rings. The van der Waals surface area contributed by atoms with Crippen molar-refractivity contribution in [2.24, 2.45) is 5.41 Å². The lowest BCUT2D eigenvalue weighted by atomic mass is 9.86. The van der Waals surface area contributed by atoms with Gasteiger partial charge >= 0.3 is 17.9 Å². The standard InChI is InChI=1S/C6H14O4.3C3H4O2/c1-5(10)6(2-7,3-8)4-9;3*1-2-3(4)5/h5,7-10H,2-4H2,1H3;3*2H,1H2,(H,4,5). The van der Waals surface area contributed by atoms with Crippen molar-refractivity contribution in [3.8, 4) is 0 Å². The van der Waals surface area contributed by atoms with E-state index >= 15 is 0 Å². The number of aliphatic hydroxyl groups excluding tert-OH is 4. The van der Waals surface area contributed by atoms with Gasteiger partial charge < -0.3 is 35.7 Å². The molecular weight excluding hydrogens is 340 g/mol. The van der Waals surface area contributed by atoms with E-state index in [2.05, 4.69) is 19.7 Å². The van der Waals surface area contributed by atoms with Gasteiger partial charge in [0.05, 0.1) is 31.3 Å². The Morgan fingerprint density at radius 1 is 0.800 bits per heavy atom. The molecule has 1 unspecified atom stereocenters. The van der Waals surface area contributed by atoms with Gasteiger partial charge in [-0.25, -0.2) is 14.4 Å². The van der Waals surface area contributed by atoms with Gasteiger partial charge in [0.25, 0.3) is 0 Å². The minimum Gasteiger partial charge on any atom is -0.478 e. The minimum absolute atomic E-state index is 0.419. The largest absolute Gasteiger partial charge is 0.478 e. The summed E-state index contributed by atoms with van der Waals surface area (Å²) in [5.41, 5.74) is -1.15. The average molecular weight is 366 g/mol. The van der Waals surface area contributed by atoms with Crippen molar-refractivity contribution in [3.63, 3.8) is 0 Å². The smallest absolute Gasteiger partial charge is 0.327 e. The van der Waals surface area contributed by atoms with Crippen LogP contribution in [0.15, 0.2) is 38.0 Å². The van der Waals surface area contributed by atoms with Crippen LogP contribution in [0.2, 0.25) is 0 Å². The van der Waals surface area contributed by atoms with Crippen LogP contribution in [0.5, 0.6) is 0 Å². The molecule has 146 valence electrons. The van der Waals surface area contributed by atoms with E-state index in [1.807, 2.05) is 0 Å². The topological polar surface area (TPSA) is 193 Å². The molecule has 0 saturated carbocycles. The second-order valence-electron chi connectivity index (χ2n) is 4.14. The summed E-state index contributed by atoms with van der Waals surface area (Å²) in [6, 6.07) is 0. The Morgan fingerprint density at radius 2 is 0.960 bits per heavy atom. The molecule has 7 N–H and O–H groups in total. The Kier molecular flexibility index (Phi) is 23.7. The maximum Gasteiger partial charge on any atom is 0.327 e. The van der Waals surface area contributed by atoms with Crippen molar-refractivity contribution in [1.82, 2.24) is 0 Å². The fourth-order valence-corrected chi connectivity index (χ4v) is 0.546. The highest BCUT2D eigenvalue weighted by Gasteiger charge is 2.33. The van der Waals surface area contributed by atoms with E-state index in [4.69, 9.17) is 35.7 Å². The molecule has 0 aliphatic carbocycles. The van der Waals surface area contributed by atoms with Crippen molar-refractivity contribution in [3.05, 3.63) is 38.0 Å². The van der Waals surface area contributed by atoms with Crippen molar-refractivity contribution in [2.45, 2.75) is 13.0 Å². The highest BCUT2D eigenvalue weighted by atomic mass is 16.4. The molecule has 0 aromatic rings. The summed E-state index contributed by atoms with van der Waals surface area (Å²) >= 11 is 0. The van der Waals surface area contributed by atoms with E-state index < -0.39 is 49.2 Å². The van der Waals surface area contributed by atoms with Gasteiger partial charge in [-0.15, -0.1) is 0 Å². The maximum atomic E-state index is 9.25. The van der Waals surface area contributed by atoms with Crippen LogP contribution in [0.4, 0.5) is 0 Å². The SMILES string of the molecule is C=CC(=O)O.C=CC(=O)O.C=CC(=O)O.CC(O)C(CO)(CO)CO. The van der Waals surface area contributed by atoms with Crippen LogP contribution in [0.1, 0.15) is 6.92 Å². The van der Waals surface area contributed by atoms with Gasteiger partial charge in [-0.1, -0.05) is 19.7 Å². The molecule has 0 bridgehead atoms. The fraction of sp³-hybridized carbons (Fsp3) is 0.400. The van der Waals surface area contributed by atoms with Crippen LogP contribution in [0.25, 0.3) is 0 Å². The van der Waals surface area contributed by atoms with Gasteiger partial charge in [-0.3, -0.25) is 0 Å². The average Bonchev–Trinajstić information content (AvgIpc) is 2.58. The molecule has 0 saturated heterocycles. The zero-order chi connectivity index (χ0) is 21.1. The third kappa shape index (κ3) is 23.9. The van der Waals surface area contributed by atoms with Crippen LogP contribution in [-0.2, 0) is 14.4 Å². The Labute approximate surface area is 145 Å². The first-order chi connectivity index (χ1) is 11.4. The Bertz CT molecular complexity index is 359. The first-order valence-corrected chi connectivity index (χ1v) is 6.51. The van der Waals surface area contributed by atoms with Gasteiger partial charge in [0.2, 0.25) is 0 Å². The van der Waals surface area contributed by atoms with E-state index in [1.54, 1.807) is 0 Å². The van der Waals surface area contributed by atoms with Gasteiger partial charge in [-0.05, 0) is 6.92 Å². The van der Waals surface area contributed by atoms with Crippen LogP contribution in [0, 0.1) is 5.41 Å². The molecule has 0 aromatic heterocycles. The second kappa shape index (κ2) is 19.5. The number of hydrogen-bond acceptors (Lipinski definition) is 7. The molecule has 0 heterocycles. The Morgan fingerprint density at radius 3 is 0.960 bits per heavy atom. The van der Waals surface area contributed by atoms with Crippen molar-refractivity contribution < 1.29 is 50.1 Å². The van der Waals surface area contributed by atoms with Crippen molar-refractivity contribution >= 4 is 17.9 Å². The van der Waals surface area contributed by atoms with Crippen LogP contribution < -0.4 is 0 Å². The van der Waals surface area contributed by atoms with Gasteiger partial charge in [0.15, 0.2) is 0 Å². The predicted octanol–water partition coefficient (Wildman–Crippen LogP) is -0.898. The highest BCUT2D eigenvalue weighted by Crippen LogP contribution is 2.19. The van der Waals surface area contributed by atoms with E-state index in [9.17, 15) is 14.4 Å². The summed E-state index contributed by atoms with van der Waals surface area (Å²) < 4.78 is 0. The van der Waals surface area contributed by atoms with Crippen molar-refractivity contribution in [2.75, 3.05) is 19.8 Å². The highest BCUT2D eigenvalue weighted by molar-refractivity contribution is 5.79. The molecule has 0 radical (unpaired) electrons. The number of aliphatic hydroxyl groups is 4. The third-order valence-electron chi connectivity index (χ3n) is 2.35. The molecule has 0 amide bonds. The van der Waals surface area contributed by atoms with Gasteiger partial charge in [-0.2, -0.15) is 0 Å². The summed E-state index contributed by atoms with van der Waals surface area (Å²) in [5.74, 6) is -2.94. The summed E-state index contributed by atoms with van der Waals surface area (Å²) in [5, 5.41) is 57.8. The van der Waals surface area contributed by atoms with E-state index in [1.165, 1.54) is 6.92 Å². The van der Waals surface area contributed by atoms with E-state index in [0.717, 1.165) is 18.2 Å². The van der Waals surface area contributed by atoms with Gasteiger partial charge in [0, 0.05) is 18.2 Å². The van der Waals surface area contributed by atoms with Crippen molar-refractivity contribution in [1.29, 1.82) is 0 Å². The van der Waals surface area contributed by atoms with E-state index in [0.29, 0.717) is 0 Å². The Balaban J connectivity index is -0.000000126. The molecule has 0 aromatic carbocycles. The lowest BCUT2D eigenvalue weighted by molar-refractivity contribution is -0.132. The zero-order valence-corrected chi connectivity index (χ0v) is 13.9. The number of carboxylic acid groups (broad SMARTS) is 3. The molecule has 0 aliphatic heterocycles. The molecule has 1 atom stereocenters. The first kappa shape index (κ1) is 30.4. The molecule has 10 nitrogen and oxygen atoms in total. The lowest BCUT2D eigenvalue weighted by Gasteiger charge is -2.30. The molecule has 0 spiro atoms. The monoisotopic (exact) mass is 366 g/mol. The molecule has 0 fully saturated rings. The fourth-order valence-electron chi connectivity index (χ4n) is 0.546. The van der Waals surface area contributed by atoms with Crippen LogP contribution in [0.3, 0.4) is 0 Å². The first-order valence-electron chi connectivity index (χ1n) is 6.51. The predicted molar refractivity (Wildman–Crippen MR) is 88.9 cm³/mol. The molecular formula is C15H26O10. The van der Waals surface area contributed by atoms with Gasteiger partial charge in [0.1, 0.15) is 0 Å². The summed E-state index contributed by atoms with van der Waals surface area (Å²) in [6.45, 7) is 9.04. The molecule has 0 rings (SSSR count). The lowest BCUT2D eigenvalue weighted by Crippen LogP contribution is -2.43. The summed E-state index contributed by atoms with van der Waals surface area (Å²) in [7, 11) is 0. The second-order valence-corrected chi connectivity index (χ2v) is 4.14. The third-order valence-corrected chi connectivity index (χ3v) is 2.35. The number of carboxylic acids is 3. The normalized spacial score (nSPS) is 9.96.